The Bertz CT molecular complexity index is 533. The summed E-state index contributed by atoms with van der Waals surface area (Å²) in [5.74, 6) is 5.65. The molecule has 2 aromatic rings. The summed E-state index contributed by atoms with van der Waals surface area (Å²) in [5, 5.41) is 12.2. The number of aromatic hydroxyl groups is 1. The third kappa shape index (κ3) is 2.14. The van der Waals surface area contributed by atoms with Crippen LogP contribution in [-0.4, -0.2) is 28.1 Å². The van der Waals surface area contributed by atoms with Crippen LogP contribution in [0.2, 0.25) is 0 Å². The Labute approximate surface area is 109 Å². The molecule has 1 N–H and O–H groups in total. The van der Waals surface area contributed by atoms with E-state index in [1.165, 1.54) is 33.3 Å². The number of fused-ring (bicyclic) bond motifs is 1. The van der Waals surface area contributed by atoms with Crippen LogP contribution in [0.1, 0.15) is 0 Å². The molecule has 1 nitrogen and oxygen atoms in total. The van der Waals surface area contributed by atoms with Crippen LogP contribution in [0.25, 0.3) is 10.8 Å². The van der Waals surface area contributed by atoms with Gasteiger partial charge in [0.15, 0.2) is 0 Å². The van der Waals surface area contributed by atoms with E-state index in [9.17, 15) is 5.11 Å². The quantitative estimate of drug-likeness (QED) is 0.767. The van der Waals surface area contributed by atoms with Gasteiger partial charge in [0.05, 0.1) is 0 Å². The lowest BCUT2D eigenvalue weighted by Crippen LogP contribution is -2.07. The highest BCUT2D eigenvalue weighted by molar-refractivity contribution is 8.19. The smallest absolute Gasteiger partial charge is 0.123 e. The van der Waals surface area contributed by atoms with E-state index in [0.717, 1.165) is 5.39 Å². The maximum absolute atomic E-state index is 9.90. The molecule has 1 aliphatic rings. The molecule has 0 saturated carbocycles. The SMILES string of the molecule is Oc1ccc([SH]2CCSCC2)c2ccccc12. The summed E-state index contributed by atoms with van der Waals surface area (Å²) in [6, 6.07) is 12.2. The molecule has 0 unspecified atom stereocenters. The summed E-state index contributed by atoms with van der Waals surface area (Å²) in [6.45, 7) is 0. The van der Waals surface area contributed by atoms with Crippen LogP contribution in [0, 0.1) is 0 Å². The van der Waals surface area contributed by atoms with Gasteiger partial charge in [-0.05, 0) is 33.9 Å². The Balaban J connectivity index is 2.12. The van der Waals surface area contributed by atoms with Gasteiger partial charge in [-0.25, -0.2) is 10.9 Å². The zero-order valence-corrected chi connectivity index (χ0v) is 11.3. The molecule has 1 saturated heterocycles. The minimum absolute atomic E-state index is 0.0110. The van der Waals surface area contributed by atoms with E-state index in [-0.39, 0.29) is 10.9 Å². The lowest BCUT2D eigenvalue weighted by atomic mass is 10.1. The molecule has 0 atom stereocenters. The molecule has 90 valence electrons. The maximum Gasteiger partial charge on any atom is 0.123 e. The number of phenolic OH excluding ortho intramolecular Hbond substituents is 1. The van der Waals surface area contributed by atoms with Gasteiger partial charge < -0.3 is 5.11 Å². The second-order valence-electron chi connectivity index (χ2n) is 4.25. The second kappa shape index (κ2) is 4.83. The Morgan fingerprint density at radius 2 is 1.65 bits per heavy atom. The lowest BCUT2D eigenvalue weighted by molar-refractivity contribution is 0.481. The van der Waals surface area contributed by atoms with Crippen molar-refractivity contribution in [2.24, 2.45) is 0 Å². The highest BCUT2D eigenvalue weighted by Gasteiger charge is 2.15. The van der Waals surface area contributed by atoms with Crippen molar-refractivity contribution < 1.29 is 5.11 Å². The molecular weight excluding hydrogens is 248 g/mol. The van der Waals surface area contributed by atoms with Crippen molar-refractivity contribution in [1.82, 2.24) is 0 Å². The molecular formula is C14H16OS2. The molecule has 3 heteroatoms. The van der Waals surface area contributed by atoms with E-state index >= 15 is 0 Å². The molecule has 0 spiro atoms. The molecule has 17 heavy (non-hydrogen) atoms. The van der Waals surface area contributed by atoms with Crippen molar-refractivity contribution in [2.45, 2.75) is 4.90 Å². The fourth-order valence-corrected chi connectivity index (χ4v) is 6.87. The first-order valence-corrected chi connectivity index (χ1v) is 8.76. The van der Waals surface area contributed by atoms with Crippen molar-refractivity contribution >= 4 is 33.4 Å². The van der Waals surface area contributed by atoms with E-state index in [4.69, 9.17) is 0 Å². The zero-order valence-electron chi connectivity index (χ0n) is 9.60. The van der Waals surface area contributed by atoms with Crippen molar-refractivity contribution in [2.75, 3.05) is 23.0 Å². The molecule has 0 radical (unpaired) electrons. The molecule has 0 amide bonds. The van der Waals surface area contributed by atoms with Gasteiger partial charge in [0.25, 0.3) is 0 Å². The first-order valence-electron chi connectivity index (χ1n) is 5.90. The molecule has 1 fully saturated rings. The van der Waals surface area contributed by atoms with Crippen LogP contribution in [0.3, 0.4) is 0 Å². The van der Waals surface area contributed by atoms with E-state index in [1.807, 2.05) is 18.2 Å². The summed E-state index contributed by atoms with van der Waals surface area (Å²) < 4.78 is 0. The van der Waals surface area contributed by atoms with E-state index in [2.05, 4.69) is 30.0 Å². The second-order valence-corrected chi connectivity index (χ2v) is 7.93. The number of benzene rings is 2. The first-order chi connectivity index (χ1) is 8.36. The summed E-state index contributed by atoms with van der Waals surface area (Å²) in [6.07, 6.45) is 0. The zero-order chi connectivity index (χ0) is 11.7. The number of rotatable bonds is 1. The predicted molar refractivity (Wildman–Crippen MR) is 79.9 cm³/mol. The average Bonchev–Trinajstić information content (AvgIpc) is 2.41. The Hall–Kier alpha value is -0.800. The fraction of sp³-hybridized carbons (Fsp3) is 0.286. The van der Waals surface area contributed by atoms with Gasteiger partial charge in [-0.1, -0.05) is 24.3 Å². The fourth-order valence-electron chi connectivity index (χ4n) is 2.35. The van der Waals surface area contributed by atoms with Crippen LogP contribution >= 0.6 is 22.7 Å². The standard InChI is InChI=1S/C14H16OS2/c15-13-5-6-14(17-9-7-16-8-10-17)12-4-2-1-3-11(12)13/h1-6,15,17H,7-10H2. The summed E-state index contributed by atoms with van der Waals surface area (Å²) in [7, 11) is -0.0110. The van der Waals surface area contributed by atoms with Crippen molar-refractivity contribution in [3.05, 3.63) is 36.4 Å². The molecule has 1 heterocycles. The van der Waals surface area contributed by atoms with E-state index < -0.39 is 0 Å². The van der Waals surface area contributed by atoms with Gasteiger partial charge in [-0.3, -0.25) is 0 Å². The third-order valence-corrected chi connectivity index (χ3v) is 7.42. The topological polar surface area (TPSA) is 20.2 Å². The Morgan fingerprint density at radius 1 is 0.941 bits per heavy atom. The van der Waals surface area contributed by atoms with Crippen LogP contribution in [-0.2, 0) is 0 Å². The summed E-state index contributed by atoms with van der Waals surface area (Å²) in [5.41, 5.74) is 0. The lowest BCUT2D eigenvalue weighted by Gasteiger charge is -2.27. The van der Waals surface area contributed by atoms with Crippen molar-refractivity contribution in [1.29, 1.82) is 0 Å². The van der Waals surface area contributed by atoms with Crippen LogP contribution in [0.5, 0.6) is 5.75 Å². The molecule has 0 aromatic heterocycles. The largest absolute Gasteiger partial charge is 0.507 e. The molecule has 3 rings (SSSR count). The average molecular weight is 264 g/mol. The monoisotopic (exact) mass is 264 g/mol. The number of phenols is 1. The van der Waals surface area contributed by atoms with Crippen molar-refractivity contribution in [3.8, 4) is 5.75 Å². The van der Waals surface area contributed by atoms with Gasteiger partial charge >= 0.3 is 0 Å². The van der Waals surface area contributed by atoms with Crippen LogP contribution in [0.15, 0.2) is 41.3 Å². The van der Waals surface area contributed by atoms with Gasteiger partial charge in [-0.15, -0.1) is 0 Å². The van der Waals surface area contributed by atoms with E-state index in [1.54, 1.807) is 0 Å². The predicted octanol–water partition coefficient (Wildman–Crippen LogP) is 3.65. The minimum Gasteiger partial charge on any atom is -0.507 e. The molecule has 0 bridgehead atoms. The van der Waals surface area contributed by atoms with Gasteiger partial charge in [0.2, 0.25) is 0 Å². The van der Waals surface area contributed by atoms with Gasteiger partial charge in [-0.2, -0.15) is 11.8 Å². The maximum atomic E-state index is 9.90. The van der Waals surface area contributed by atoms with Gasteiger partial charge in [0, 0.05) is 16.9 Å². The first kappa shape index (κ1) is 11.3. The third-order valence-electron chi connectivity index (χ3n) is 3.23. The number of thiol groups is 1. The number of hydrogen-bond acceptors (Lipinski definition) is 2. The normalized spacial score (nSPS) is 18.5. The minimum atomic E-state index is -0.0110. The summed E-state index contributed by atoms with van der Waals surface area (Å²) >= 11 is 2.07. The Kier molecular flexibility index (Phi) is 3.21. The summed E-state index contributed by atoms with van der Waals surface area (Å²) in [4.78, 5) is 1.48. The number of hydrogen-bond donors (Lipinski definition) is 2. The van der Waals surface area contributed by atoms with Crippen molar-refractivity contribution in [3.63, 3.8) is 0 Å². The Morgan fingerprint density at radius 3 is 2.41 bits per heavy atom. The van der Waals surface area contributed by atoms with E-state index in [0.29, 0.717) is 5.75 Å². The highest BCUT2D eigenvalue weighted by Crippen LogP contribution is 2.45. The molecule has 1 aliphatic heterocycles. The highest BCUT2D eigenvalue weighted by atomic mass is 32.2. The van der Waals surface area contributed by atoms with Crippen LogP contribution < -0.4 is 0 Å². The molecule has 2 aromatic carbocycles. The van der Waals surface area contributed by atoms with Crippen LogP contribution in [0.4, 0.5) is 0 Å². The van der Waals surface area contributed by atoms with Gasteiger partial charge in [0.1, 0.15) is 5.75 Å². The number of thioether (sulfide) groups is 1. The molecule has 0 aliphatic carbocycles.